The number of carbonyl (C=O) groups excluding carboxylic acids is 1. The number of nitrogens with one attached hydrogen (secondary N) is 1. The summed E-state index contributed by atoms with van der Waals surface area (Å²) < 4.78 is 28.9. The van der Waals surface area contributed by atoms with Crippen molar-refractivity contribution in [1.82, 2.24) is 10.3 Å². The molecule has 7 rings (SSSR count). The molecule has 2 bridgehead atoms. The van der Waals surface area contributed by atoms with E-state index in [0.717, 1.165) is 35.5 Å². The molecule has 2 aromatic heterocycles. The number of nitrogens with zero attached hydrogens (tertiary/aromatic N) is 1. The number of hydrogen-bond donors (Lipinski definition) is 1. The fourth-order valence-electron chi connectivity index (χ4n) is 5.38. The van der Waals surface area contributed by atoms with E-state index in [4.69, 9.17) is 21.0 Å². The number of benzene rings is 1. The Morgan fingerprint density at radius 1 is 1.16 bits per heavy atom. The summed E-state index contributed by atoms with van der Waals surface area (Å²) in [5.41, 5.74) is 1.62. The fourth-order valence-corrected chi connectivity index (χ4v) is 7.95. The zero-order valence-electron chi connectivity index (χ0n) is 17.4. The molecule has 0 atom stereocenters. The van der Waals surface area contributed by atoms with Gasteiger partial charge in [0.2, 0.25) is 0 Å². The van der Waals surface area contributed by atoms with Gasteiger partial charge in [0.1, 0.15) is 10.5 Å². The van der Waals surface area contributed by atoms with Crippen LogP contribution in [-0.2, 0) is 20.0 Å². The molecule has 166 valence electrons. The number of sulfone groups is 1. The van der Waals surface area contributed by atoms with Gasteiger partial charge >= 0.3 is 0 Å². The molecule has 0 unspecified atom stereocenters. The van der Waals surface area contributed by atoms with Gasteiger partial charge in [-0.2, -0.15) is 0 Å². The van der Waals surface area contributed by atoms with Gasteiger partial charge in [-0.15, -0.1) is 11.3 Å². The highest BCUT2D eigenvalue weighted by atomic mass is 35.5. The van der Waals surface area contributed by atoms with Crippen LogP contribution < -0.4 is 5.32 Å². The molecule has 0 spiro atoms. The average molecular weight is 489 g/mol. The molecule has 6 nitrogen and oxygen atoms in total. The number of amides is 1. The van der Waals surface area contributed by atoms with Crippen molar-refractivity contribution in [3.63, 3.8) is 0 Å². The number of rotatable bonds is 6. The molecule has 1 aromatic carbocycles. The number of aromatic nitrogens is 1. The Morgan fingerprint density at radius 3 is 2.53 bits per heavy atom. The van der Waals surface area contributed by atoms with Crippen LogP contribution in [0.15, 0.2) is 46.2 Å². The number of thiazole rings is 1. The van der Waals surface area contributed by atoms with Crippen LogP contribution in [-0.4, -0.2) is 31.1 Å². The third-order valence-electron chi connectivity index (χ3n) is 7.21. The molecule has 1 amide bonds. The van der Waals surface area contributed by atoms with Gasteiger partial charge in [0.15, 0.2) is 15.6 Å². The Hall–Kier alpha value is -2.16. The third-order valence-corrected chi connectivity index (χ3v) is 10.7. The van der Waals surface area contributed by atoms with Gasteiger partial charge in [0, 0.05) is 33.2 Å². The lowest BCUT2D eigenvalue weighted by Crippen LogP contribution is -2.76. The zero-order valence-corrected chi connectivity index (χ0v) is 19.7. The molecular weight excluding hydrogens is 468 g/mol. The van der Waals surface area contributed by atoms with Gasteiger partial charge in [0.05, 0.1) is 10.7 Å². The van der Waals surface area contributed by atoms with Crippen molar-refractivity contribution in [1.29, 1.82) is 0 Å². The van der Waals surface area contributed by atoms with E-state index in [1.165, 1.54) is 6.26 Å². The minimum atomic E-state index is -3.28. The molecule has 2 heterocycles. The lowest BCUT2D eigenvalue weighted by molar-refractivity contribution is -0.0812. The summed E-state index contributed by atoms with van der Waals surface area (Å²) in [4.78, 5) is 17.6. The minimum Gasteiger partial charge on any atom is -0.454 e. The maximum Gasteiger partial charge on any atom is 0.287 e. The van der Waals surface area contributed by atoms with E-state index in [1.807, 2.05) is 29.6 Å². The molecular formula is C23H21ClN2O4S2. The second kappa shape index (κ2) is 6.46. The van der Waals surface area contributed by atoms with Crippen LogP contribution in [0.3, 0.4) is 0 Å². The monoisotopic (exact) mass is 488 g/mol. The van der Waals surface area contributed by atoms with Crippen LogP contribution in [0.2, 0.25) is 5.02 Å². The first-order valence-corrected chi connectivity index (χ1v) is 13.6. The molecule has 9 heteroatoms. The van der Waals surface area contributed by atoms with Gasteiger partial charge < -0.3 is 9.73 Å². The van der Waals surface area contributed by atoms with Crippen LogP contribution in [0.25, 0.3) is 11.3 Å². The van der Waals surface area contributed by atoms with E-state index in [1.54, 1.807) is 23.5 Å². The topological polar surface area (TPSA) is 89.3 Å². The van der Waals surface area contributed by atoms with Crippen LogP contribution in [0, 0.1) is 0 Å². The predicted octanol–water partition coefficient (Wildman–Crippen LogP) is 4.69. The van der Waals surface area contributed by atoms with E-state index < -0.39 is 14.6 Å². The van der Waals surface area contributed by atoms with Gasteiger partial charge in [-0.25, -0.2) is 13.4 Å². The lowest BCUT2D eigenvalue weighted by atomic mass is 9.39. The second-order valence-electron chi connectivity index (χ2n) is 9.49. The highest BCUT2D eigenvalue weighted by molar-refractivity contribution is 7.91. The SMILES string of the molecule is CS(=O)(=O)C1(c2ccc(C(=O)NC34CC(c5nc(-c6ccccc6Cl)cs5)(C3)C4)o2)CC1. The lowest BCUT2D eigenvalue weighted by Gasteiger charge is -2.69. The fraction of sp³-hybridized carbons (Fsp3) is 0.391. The summed E-state index contributed by atoms with van der Waals surface area (Å²) in [6.45, 7) is 0. The van der Waals surface area contributed by atoms with Gasteiger partial charge in [-0.3, -0.25) is 4.79 Å². The number of halogens is 1. The summed E-state index contributed by atoms with van der Waals surface area (Å²) in [5.74, 6) is 0.253. The molecule has 4 aliphatic carbocycles. The van der Waals surface area contributed by atoms with E-state index in [-0.39, 0.29) is 22.6 Å². The first kappa shape index (κ1) is 20.4. The van der Waals surface area contributed by atoms with Crippen molar-refractivity contribution in [2.24, 2.45) is 0 Å². The summed E-state index contributed by atoms with van der Waals surface area (Å²) >= 11 is 7.96. The summed E-state index contributed by atoms with van der Waals surface area (Å²) in [6, 6.07) is 10.9. The maximum atomic E-state index is 12.8. The summed E-state index contributed by atoms with van der Waals surface area (Å²) in [5, 5.41) is 6.94. The average Bonchev–Trinajstić information content (AvgIpc) is 3.14. The molecule has 4 fully saturated rings. The van der Waals surface area contributed by atoms with Gasteiger partial charge in [-0.05, 0) is 50.3 Å². The summed E-state index contributed by atoms with van der Waals surface area (Å²) in [6.07, 6.45) is 4.85. The van der Waals surface area contributed by atoms with Crippen LogP contribution in [0.4, 0.5) is 0 Å². The predicted molar refractivity (Wildman–Crippen MR) is 123 cm³/mol. The standard InChI is InChI=1S/C23H21ClN2O4S2/c1-32(28,29)23(8-9-23)18-7-6-17(30-18)19(27)26-22-11-21(12-22,13-22)20-25-16(10-31-20)14-4-2-3-5-15(14)24/h2-7,10H,8-9,11-13H2,1H3,(H,26,27). The molecule has 0 radical (unpaired) electrons. The Bertz CT molecular complexity index is 1350. The Labute approximate surface area is 194 Å². The van der Waals surface area contributed by atoms with Crippen LogP contribution >= 0.6 is 22.9 Å². The third kappa shape index (κ3) is 2.85. The summed E-state index contributed by atoms with van der Waals surface area (Å²) in [7, 11) is -3.28. The smallest absolute Gasteiger partial charge is 0.287 e. The molecule has 4 aliphatic rings. The highest BCUT2D eigenvalue weighted by Gasteiger charge is 2.70. The number of hydrogen-bond acceptors (Lipinski definition) is 6. The Kier molecular flexibility index (Phi) is 4.13. The molecule has 1 N–H and O–H groups in total. The van der Waals surface area contributed by atoms with Crippen LogP contribution in [0.1, 0.15) is 53.4 Å². The van der Waals surface area contributed by atoms with Crippen molar-refractivity contribution in [3.8, 4) is 11.3 Å². The molecule has 0 saturated heterocycles. The minimum absolute atomic E-state index is 0.0279. The molecule has 3 aromatic rings. The second-order valence-corrected chi connectivity index (χ2v) is 13.1. The molecule has 0 aliphatic heterocycles. The van der Waals surface area contributed by atoms with E-state index in [0.29, 0.717) is 23.6 Å². The van der Waals surface area contributed by atoms with E-state index >= 15 is 0 Å². The van der Waals surface area contributed by atoms with Gasteiger partial charge in [0.25, 0.3) is 5.91 Å². The number of carbonyl (C=O) groups is 1. The maximum absolute atomic E-state index is 12.8. The zero-order chi connectivity index (χ0) is 22.4. The van der Waals surface area contributed by atoms with E-state index in [2.05, 4.69) is 5.32 Å². The first-order valence-electron chi connectivity index (χ1n) is 10.5. The number of furan rings is 1. The van der Waals surface area contributed by atoms with E-state index in [9.17, 15) is 13.2 Å². The molecule has 32 heavy (non-hydrogen) atoms. The van der Waals surface area contributed by atoms with Crippen molar-refractivity contribution >= 4 is 38.7 Å². The first-order chi connectivity index (χ1) is 15.2. The normalized spacial score (nSPS) is 27.3. The quantitative estimate of drug-likeness (QED) is 0.543. The van der Waals surface area contributed by atoms with Crippen molar-refractivity contribution in [2.75, 3.05) is 6.26 Å². The highest BCUT2D eigenvalue weighted by Crippen LogP contribution is 2.68. The largest absolute Gasteiger partial charge is 0.454 e. The van der Waals surface area contributed by atoms with Crippen molar-refractivity contribution in [2.45, 2.75) is 47.8 Å². The Morgan fingerprint density at radius 2 is 1.88 bits per heavy atom. The molecule has 4 saturated carbocycles. The van der Waals surface area contributed by atoms with Crippen molar-refractivity contribution in [3.05, 3.63) is 63.3 Å². The Balaban J connectivity index is 1.13. The van der Waals surface area contributed by atoms with Crippen LogP contribution in [0.5, 0.6) is 0 Å². The van der Waals surface area contributed by atoms with Crippen molar-refractivity contribution < 1.29 is 17.6 Å². The van der Waals surface area contributed by atoms with Gasteiger partial charge in [-0.1, -0.05) is 29.8 Å².